The van der Waals surface area contributed by atoms with Gasteiger partial charge in [-0.2, -0.15) is 0 Å². The number of guanidine groups is 1. The minimum atomic E-state index is 0. The molecular weight excluding hydrogens is 403 g/mol. The number of halogens is 1. The van der Waals surface area contributed by atoms with Gasteiger partial charge in [0.05, 0.1) is 6.54 Å². The summed E-state index contributed by atoms with van der Waals surface area (Å²) in [5.74, 6) is 1.73. The highest BCUT2D eigenvalue weighted by atomic mass is 127. The van der Waals surface area contributed by atoms with Gasteiger partial charge >= 0.3 is 0 Å². The number of rotatable bonds is 9. The molecule has 1 aliphatic carbocycles. The second kappa shape index (κ2) is 13.9. The number of hydrogen-bond acceptors (Lipinski definition) is 2. The van der Waals surface area contributed by atoms with Crippen molar-refractivity contribution in [3.63, 3.8) is 0 Å². The van der Waals surface area contributed by atoms with Crippen molar-refractivity contribution in [1.82, 2.24) is 15.5 Å². The van der Waals surface area contributed by atoms with Gasteiger partial charge in [0, 0.05) is 33.1 Å². The molecule has 0 atom stereocenters. The molecule has 0 bridgehead atoms. The first-order valence-electron chi connectivity index (χ1n) is 8.93. The van der Waals surface area contributed by atoms with E-state index in [9.17, 15) is 4.79 Å². The van der Waals surface area contributed by atoms with Gasteiger partial charge in [0.25, 0.3) is 0 Å². The zero-order valence-electron chi connectivity index (χ0n) is 15.1. The second-order valence-corrected chi connectivity index (χ2v) is 6.22. The van der Waals surface area contributed by atoms with Crippen molar-refractivity contribution in [1.29, 1.82) is 0 Å². The van der Waals surface area contributed by atoms with Crippen LogP contribution in [0.5, 0.6) is 0 Å². The predicted molar refractivity (Wildman–Crippen MR) is 109 cm³/mol. The Morgan fingerprint density at radius 3 is 2.52 bits per heavy atom. The maximum absolute atomic E-state index is 11.9. The van der Waals surface area contributed by atoms with E-state index in [0.717, 1.165) is 19.0 Å². The standard InChI is InChI=1S/C17H34N4O.HI/c1-4-6-13-21(3)17(18-5-2)20-12-11-19-16(22)14-15-9-7-8-10-15;/h15H,4-14H2,1-3H3,(H,18,20)(H,19,22);1H. The van der Waals surface area contributed by atoms with E-state index in [1.54, 1.807) is 0 Å². The third-order valence-corrected chi connectivity index (χ3v) is 4.19. The van der Waals surface area contributed by atoms with E-state index in [4.69, 9.17) is 0 Å². The Morgan fingerprint density at radius 2 is 1.91 bits per heavy atom. The summed E-state index contributed by atoms with van der Waals surface area (Å²) >= 11 is 0. The van der Waals surface area contributed by atoms with E-state index in [1.165, 1.54) is 38.5 Å². The molecule has 0 aromatic carbocycles. The first-order valence-corrected chi connectivity index (χ1v) is 8.93. The molecule has 0 radical (unpaired) electrons. The fraction of sp³-hybridized carbons (Fsp3) is 0.882. The monoisotopic (exact) mass is 438 g/mol. The number of nitrogens with one attached hydrogen (secondary N) is 2. The number of unbranched alkanes of at least 4 members (excludes halogenated alkanes) is 1. The lowest BCUT2D eigenvalue weighted by Gasteiger charge is -2.21. The van der Waals surface area contributed by atoms with Crippen molar-refractivity contribution >= 4 is 35.8 Å². The summed E-state index contributed by atoms with van der Waals surface area (Å²) in [5.41, 5.74) is 0. The predicted octanol–water partition coefficient (Wildman–Crippen LogP) is 3.00. The quantitative estimate of drug-likeness (QED) is 0.252. The Hall–Kier alpha value is -0.530. The Labute approximate surface area is 159 Å². The van der Waals surface area contributed by atoms with Crippen LogP contribution in [0.2, 0.25) is 0 Å². The maximum atomic E-state index is 11.9. The molecule has 6 heteroatoms. The number of nitrogens with zero attached hydrogens (tertiary/aromatic N) is 2. The number of amides is 1. The number of carbonyl (C=O) groups is 1. The molecule has 2 N–H and O–H groups in total. The van der Waals surface area contributed by atoms with E-state index in [-0.39, 0.29) is 29.9 Å². The number of hydrogen-bond donors (Lipinski definition) is 2. The van der Waals surface area contributed by atoms with Crippen molar-refractivity contribution in [3.05, 3.63) is 0 Å². The van der Waals surface area contributed by atoms with E-state index in [1.807, 2.05) is 0 Å². The highest BCUT2D eigenvalue weighted by molar-refractivity contribution is 14.0. The van der Waals surface area contributed by atoms with Gasteiger partial charge in [0.15, 0.2) is 5.96 Å². The SMILES string of the molecule is CCCCN(C)C(=NCCNC(=O)CC1CCCC1)NCC.I. The molecule has 0 unspecified atom stereocenters. The first-order chi connectivity index (χ1) is 10.7. The molecular formula is C17H35IN4O. The second-order valence-electron chi connectivity index (χ2n) is 6.22. The van der Waals surface area contributed by atoms with Gasteiger partial charge < -0.3 is 15.5 Å². The zero-order valence-corrected chi connectivity index (χ0v) is 17.4. The lowest BCUT2D eigenvalue weighted by atomic mass is 10.0. The van der Waals surface area contributed by atoms with Gasteiger partial charge in [-0.05, 0) is 32.1 Å². The summed E-state index contributed by atoms with van der Waals surface area (Å²) in [5, 5.41) is 6.30. The molecule has 1 amide bonds. The summed E-state index contributed by atoms with van der Waals surface area (Å²) in [6.07, 6.45) is 8.06. The van der Waals surface area contributed by atoms with Gasteiger partial charge in [-0.1, -0.05) is 26.2 Å². The van der Waals surface area contributed by atoms with Crippen LogP contribution >= 0.6 is 24.0 Å². The van der Waals surface area contributed by atoms with Crippen LogP contribution in [0.15, 0.2) is 4.99 Å². The minimum absolute atomic E-state index is 0. The van der Waals surface area contributed by atoms with Crippen LogP contribution in [0, 0.1) is 5.92 Å². The van der Waals surface area contributed by atoms with Gasteiger partial charge in [-0.25, -0.2) is 0 Å². The molecule has 0 heterocycles. The lowest BCUT2D eigenvalue weighted by molar-refractivity contribution is -0.121. The molecule has 0 aromatic heterocycles. The largest absolute Gasteiger partial charge is 0.357 e. The summed E-state index contributed by atoms with van der Waals surface area (Å²) < 4.78 is 0. The first kappa shape index (κ1) is 22.5. The summed E-state index contributed by atoms with van der Waals surface area (Å²) in [6, 6.07) is 0. The van der Waals surface area contributed by atoms with Crippen LogP contribution in [-0.4, -0.2) is 50.0 Å². The molecule has 1 saturated carbocycles. The molecule has 23 heavy (non-hydrogen) atoms. The Balaban J connectivity index is 0.00000484. The maximum Gasteiger partial charge on any atom is 0.220 e. The average molecular weight is 438 g/mol. The van der Waals surface area contributed by atoms with E-state index in [2.05, 4.69) is 41.4 Å². The number of carbonyl (C=O) groups excluding carboxylic acids is 1. The fourth-order valence-corrected chi connectivity index (χ4v) is 2.88. The summed E-state index contributed by atoms with van der Waals surface area (Å²) in [4.78, 5) is 18.6. The fourth-order valence-electron chi connectivity index (χ4n) is 2.88. The zero-order chi connectivity index (χ0) is 16.2. The van der Waals surface area contributed by atoms with E-state index >= 15 is 0 Å². The lowest BCUT2D eigenvalue weighted by Crippen LogP contribution is -2.40. The normalized spacial score (nSPS) is 15.2. The van der Waals surface area contributed by atoms with Crippen molar-refractivity contribution in [2.75, 3.05) is 33.2 Å². The van der Waals surface area contributed by atoms with Gasteiger partial charge in [0.1, 0.15) is 0 Å². The van der Waals surface area contributed by atoms with Gasteiger partial charge in [-0.15, -0.1) is 24.0 Å². The average Bonchev–Trinajstić information content (AvgIpc) is 3.00. The van der Waals surface area contributed by atoms with Crippen LogP contribution in [0.3, 0.4) is 0 Å². The Kier molecular flexibility index (Phi) is 13.5. The Bertz CT molecular complexity index is 343. The highest BCUT2D eigenvalue weighted by Gasteiger charge is 2.17. The van der Waals surface area contributed by atoms with Crippen molar-refractivity contribution in [2.24, 2.45) is 10.9 Å². The van der Waals surface area contributed by atoms with Gasteiger partial charge in [0.2, 0.25) is 5.91 Å². The molecule has 1 aliphatic rings. The molecule has 5 nitrogen and oxygen atoms in total. The van der Waals surface area contributed by atoms with Crippen LogP contribution in [0.1, 0.15) is 58.8 Å². The number of aliphatic imine (C=N–C) groups is 1. The van der Waals surface area contributed by atoms with Crippen molar-refractivity contribution in [2.45, 2.75) is 58.8 Å². The third kappa shape index (κ3) is 10.0. The topological polar surface area (TPSA) is 56.7 Å². The van der Waals surface area contributed by atoms with Crippen LogP contribution in [0.4, 0.5) is 0 Å². The third-order valence-electron chi connectivity index (χ3n) is 4.19. The Morgan fingerprint density at radius 1 is 1.22 bits per heavy atom. The van der Waals surface area contributed by atoms with Crippen molar-refractivity contribution in [3.8, 4) is 0 Å². The molecule has 0 saturated heterocycles. The molecule has 0 spiro atoms. The van der Waals surface area contributed by atoms with Gasteiger partial charge in [-0.3, -0.25) is 9.79 Å². The summed E-state index contributed by atoms with van der Waals surface area (Å²) in [7, 11) is 2.07. The molecule has 1 fully saturated rings. The minimum Gasteiger partial charge on any atom is -0.357 e. The molecule has 136 valence electrons. The van der Waals surface area contributed by atoms with E-state index in [0.29, 0.717) is 25.4 Å². The van der Waals surface area contributed by atoms with Crippen LogP contribution < -0.4 is 10.6 Å². The summed E-state index contributed by atoms with van der Waals surface area (Å²) in [6.45, 7) is 7.40. The van der Waals surface area contributed by atoms with E-state index < -0.39 is 0 Å². The highest BCUT2D eigenvalue weighted by Crippen LogP contribution is 2.27. The molecule has 0 aromatic rings. The smallest absolute Gasteiger partial charge is 0.220 e. The van der Waals surface area contributed by atoms with Crippen LogP contribution in [-0.2, 0) is 4.79 Å². The van der Waals surface area contributed by atoms with Crippen molar-refractivity contribution < 1.29 is 4.79 Å². The molecule has 1 rings (SSSR count). The molecule has 0 aliphatic heterocycles. The van der Waals surface area contributed by atoms with Crippen LogP contribution in [0.25, 0.3) is 0 Å².